The van der Waals surface area contributed by atoms with Gasteiger partial charge in [-0.15, -0.1) is 5.10 Å². The fourth-order valence-corrected chi connectivity index (χ4v) is 1.74. The average molecular weight is 238 g/mol. The molecule has 1 heterocycles. The summed E-state index contributed by atoms with van der Waals surface area (Å²) < 4.78 is 1.71. The third-order valence-corrected chi connectivity index (χ3v) is 2.49. The Bertz CT molecular complexity index is 494. The molecule has 0 fully saturated rings. The minimum absolute atomic E-state index is 0.620. The van der Waals surface area contributed by atoms with Crippen LogP contribution in [0.15, 0.2) is 18.2 Å². The molecule has 0 saturated heterocycles. The largest absolute Gasteiger partial charge is 0.313 e. The van der Waals surface area contributed by atoms with Crippen molar-refractivity contribution in [2.45, 2.75) is 13.5 Å². The fourth-order valence-electron chi connectivity index (χ4n) is 1.52. The van der Waals surface area contributed by atoms with Crippen molar-refractivity contribution in [2.24, 2.45) is 0 Å². The maximum atomic E-state index is 5.91. The number of aromatic nitrogens is 4. The van der Waals surface area contributed by atoms with Gasteiger partial charge in [-0.3, -0.25) is 0 Å². The van der Waals surface area contributed by atoms with Crippen molar-refractivity contribution in [3.8, 4) is 5.69 Å². The summed E-state index contributed by atoms with van der Waals surface area (Å²) >= 11 is 5.91. The zero-order chi connectivity index (χ0) is 11.5. The van der Waals surface area contributed by atoms with Crippen LogP contribution in [0.4, 0.5) is 0 Å². The van der Waals surface area contributed by atoms with Crippen molar-refractivity contribution >= 4 is 11.6 Å². The van der Waals surface area contributed by atoms with Gasteiger partial charge in [0.05, 0.1) is 12.2 Å². The summed E-state index contributed by atoms with van der Waals surface area (Å²) in [5, 5.41) is 15.3. The highest BCUT2D eigenvalue weighted by atomic mass is 35.5. The molecule has 84 valence electrons. The Morgan fingerprint density at radius 2 is 2.25 bits per heavy atom. The fraction of sp³-hybridized carbons (Fsp3) is 0.300. The second kappa shape index (κ2) is 4.59. The lowest BCUT2D eigenvalue weighted by atomic mass is 10.2. The zero-order valence-corrected chi connectivity index (χ0v) is 9.86. The number of aryl methyl sites for hydroxylation is 1. The molecule has 6 heteroatoms. The van der Waals surface area contributed by atoms with E-state index >= 15 is 0 Å². The molecule has 1 aromatic carbocycles. The molecule has 0 aliphatic rings. The van der Waals surface area contributed by atoms with Crippen molar-refractivity contribution in [3.05, 3.63) is 34.6 Å². The Labute approximate surface area is 98.4 Å². The number of halogens is 1. The molecule has 0 spiro atoms. The van der Waals surface area contributed by atoms with Gasteiger partial charge in [0.15, 0.2) is 5.82 Å². The third kappa shape index (κ3) is 2.05. The Kier molecular flexibility index (Phi) is 3.17. The highest BCUT2D eigenvalue weighted by Crippen LogP contribution is 2.18. The molecule has 0 aliphatic carbocycles. The second-order valence-electron chi connectivity index (χ2n) is 3.47. The first-order valence-corrected chi connectivity index (χ1v) is 5.28. The minimum atomic E-state index is 0.620. The van der Waals surface area contributed by atoms with E-state index in [1.54, 1.807) is 4.68 Å². The summed E-state index contributed by atoms with van der Waals surface area (Å²) in [6.45, 7) is 2.60. The number of benzene rings is 1. The lowest BCUT2D eigenvalue weighted by Crippen LogP contribution is -2.12. The number of nitrogens with one attached hydrogen (secondary N) is 1. The maximum Gasteiger partial charge on any atom is 0.170 e. The summed E-state index contributed by atoms with van der Waals surface area (Å²) in [6.07, 6.45) is 0. The van der Waals surface area contributed by atoms with E-state index in [-0.39, 0.29) is 0 Å². The minimum Gasteiger partial charge on any atom is -0.313 e. The average Bonchev–Trinajstić information content (AvgIpc) is 2.67. The van der Waals surface area contributed by atoms with Gasteiger partial charge in [0.2, 0.25) is 0 Å². The van der Waals surface area contributed by atoms with E-state index in [0.717, 1.165) is 17.1 Å². The van der Waals surface area contributed by atoms with Crippen LogP contribution in [0.5, 0.6) is 0 Å². The van der Waals surface area contributed by atoms with E-state index in [9.17, 15) is 0 Å². The number of hydrogen-bond donors (Lipinski definition) is 1. The van der Waals surface area contributed by atoms with Crippen molar-refractivity contribution < 1.29 is 0 Å². The topological polar surface area (TPSA) is 55.6 Å². The van der Waals surface area contributed by atoms with Crippen molar-refractivity contribution in [1.82, 2.24) is 25.5 Å². The van der Waals surface area contributed by atoms with Crippen LogP contribution >= 0.6 is 11.6 Å². The van der Waals surface area contributed by atoms with E-state index in [2.05, 4.69) is 20.8 Å². The first-order chi connectivity index (χ1) is 7.72. The van der Waals surface area contributed by atoms with Crippen LogP contribution in [0.25, 0.3) is 5.69 Å². The summed E-state index contributed by atoms with van der Waals surface area (Å²) in [5.41, 5.74) is 1.98. The van der Waals surface area contributed by atoms with Crippen molar-refractivity contribution in [3.63, 3.8) is 0 Å². The van der Waals surface area contributed by atoms with Gasteiger partial charge in [-0.05, 0) is 48.2 Å². The number of tetrazole rings is 1. The molecule has 0 saturated carbocycles. The van der Waals surface area contributed by atoms with Gasteiger partial charge in [0.1, 0.15) is 0 Å². The molecule has 1 aromatic heterocycles. The highest BCUT2D eigenvalue weighted by Gasteiger charge is 2.09. The Morgan fingerprint density at radius 3 is 2.94 bits per heavy atom. The molecule has 2 rings (SSSR count). The van der Waals surface area contributed by atoms with Crippen molar-refractivity contribution in [2.75, 3.05) is 7.05 Å². The quantitative estimate of drug-likeness (QED) is 0.876. The molecule has 0 radical (unpaired) electrons. The lowest BCUT2D eigenvalue weighted by molar-refractivity contribution is 0.707. The molecule has 0 amide bonds. The van der Waals surface area contributed by atoms with Gasteiger partial charge >= 0.3 is 0 Å². The Hall–Kier alpha value is -1.46. The van der Waals surface area contributed by atoms with E-state index in [1.807, 2.05) is 32.2 Å². The summed E-state index contributed by atoms with van der Waals surface area (Å²) in [6, 6.07) is 5.63. The first kappa shape index (κ1) is 11.0. The maximum absolute atomic E-state index is 5.91. The van der Waals surface area contributed by atoms with Gasteiger partial charge in [-0.2, -0.15) is 4.68 Å². The first-order valence-electron chi connectivity index (χ1n) is 4.90. The zero-order valence-electron chi connectivity index (χ0n) is 9.11. The standard InChI is InChI=1S/C10H12ClN5/c1-7-5-8(11)3-4-9(7)16-10(6-12-2)13-14-15-16/h3-5,12H,6H2,1-2H3. The molecular weight excluding hydrogens is 226 g/mol. The highest BCUT2D eigenvalue weighted by molar-refractivity contribution is 6.30. The van der Waals surface area contributed by atoms with Crippen LogP contribution in [0, 0.1) is 6.92 Å². The Morgan fingerprint density at radius 1 is 1.44 bits per heavy atom. The molecule has 0 unspecified atom stereocenters. The molecule has 16 heavy (non-hydrogen) atoms. The van der Waals surface area contributed by atoms with Gasteiger partial charge in [0.25, 0.3) is 0 Å². The predicted octanol–water partition coefficient (Wildman–Crippen LogP) is 1.34. The molecule has 2 aromatic rings. The van der Waals surface area contributed by atoms with Crippen LogP contribution in [0.1, 0.15) is 11.4 Å². The molecule has 0 atom stereocenters. The van der Waals surface area contributed by atoms with Gasteiger partial charge in [-0.25, -0.2) is 0 Å². The monoisotopic (exact) mass is 237 g/mol. The van der Waals surface area contributed by atoms with E-state index in [4.69, 9.17) is 11.6 Å². The summed E-state index contributed by atoms with van der Waals surface area (Å²) in [7, 11) is 1.85. The second-order valence-corrected chi connectivity index (χ2v) is 3.90. The molecular formula is C10H12ClN5. The van der Waals surface area contributed by atoms with Crippen LogP contribution in [0.2, 0.25) is 5.02 Å². The van der Waals surface area contributed by atoms with Crippen LogP contribution in [-0.4, -0.2) is 27.3 Å². The smallest absolute Gasteiger partial charge is 0.170 e. The molecule has 0 aliphatic heterocycles. The predicted molar refractivity (Wildman–Crippen MR) is 61.7 cm³/mol. The Balaban J connectivity index is 2.46. The van der Waals surface area contributed by atoms with Crippen LogP contribution < -0.4 is 5.32 Å². The molecule has 0 bridgehead atoms. The third-order valence-electron chi connectivity index (χ3n) is 2.26. The lowest BCUT2D eigenvalue weighted by Gasteiger charge is -2.07. The van der Waals surface area contributed by atoms with Crippen LogP contribution in [0.3, 0.4) is 0 Å². The molecule has 1 N–H and O–H groups in total. The summed E-state index contributed by atoms with van der Waals surface area (Å²) in [4.78, 5) is 0. The van der Waals surface area contributed by atoms with E-state index < -0.39 is 0 Å². The normalized spacial score (nSPS) is 10.7. The van der Waals surface area contributed by atoms with Crippen LogP contribution in [-0.2, 0) is 6.54 Å². The van der Waals surface area contributed by atoms with Crippen molar-refractivity contribution in [1.29, 1.82) is 0 Å². The molecule has 5 nitrogen and oxygen atoms in total. The number of rotatable bonds is 3. The number of hydrogen-bond acceptors (Lipinski definition) is 4. The van der Waals surface area contributed by atoms with E-state index in [1.165, 1.54) is 0 Å². The van der Waals surface area contributed by atoms with Gasteiger partial charge in [0, 0.05) is 5.02 Å². The SMILES string of the molecule is CNCc1nnnn1-c1ccc(Cl)cc1C. The summed E-state index contributed by atoms with van der Waals surface area (Å²) in [5.74, 6) is 0.771. The van der Waals surface area contributed by atoms with E-state index in [0.29, 0.717) is 11.6 Å². The van der Waals surface area contributed by atoms with Gasteiger partial charge in [-0.1, -0.05) is 11.6 Å². The van der Waals surface area contributed by atoms with Gasteiger partial charge < -0.3 is 5.32 Å². The number of nitrogens with zero attached hydrogens (tertiary/aromatic N) is 4.